The van der Waals surface area contributed by atoms with Crippen molar-refractivity contribution in [1.29, 1.82) is 0 Å². The second-order valence-corrected chi connectivity index (χ2v) is 7.73. The third-order valence-electron chi connectivity index (χ3n) is 6.00. The largest absolute Gasteiger partial charge is 0.342 e. The smallest absolute Gasteiger partial charge is 0.256 e. The van der Waals surface area contributed by atoms with Crippen molar-refractivity contribution >= 4 is 22.6 Å². The first-order chi connectivity index (χ1) is 13.1. The van der Waals surface area contributed by atoms with E-state index in [1.54, 1.807) is 23.1 Å². The van der Waals surface area contributed by atoms with E-state index in [2.05, 4.69) is 11.9 Å². The fourth-order valence-electron chi connectivity index (χ4n) is 4.62. The SMILES string of the molecule is CCCN1CCC[C@@]2(CCN(C(=O)c3c[nH]c(=O)c4ccccc34)C2)C1=O. The maximum Gasteiger partial charge on any atom is 0.256 e. The minimum Gasteiger partial charge on any atom is -0.342 e. The summed E-state index contributed by atoms with van der Waals surface area (Å²) in [7, 11) is 0. The highest BCUT2D eigenvalue weighted by Gasteiger charge is 2.49. The van der Waals surface area contributed by atoms with Crippen LogP contribution in [0.4, 0.5) is 0 Å². The molecule has 1 aromatic carbocycles. The molecule has 0 aliphatic carbocycles. The molecule has 1 aromatic heterocycles. The van der Waals surface area contributed by atoms with Gasteiger partial charge in [-0.05, 0) is 31.7 Å². The van der Waals surface area contributed by atoms with E-state index in [1.165, 1.54) is 6.20 Å². The van der Waals surface area contributed by atoms with Crippen LogP contribution in [0.15, 0.2) is 35.3 Å². The van der Waals surface area contributed by atoms with Gasteiger partial charge in [0.2, 0.25) is 5.91 Å². The Morgan fingerprint density at radius 2 is 1.93 bits per heavy atom. The monoisotopic (exact) mass is 367 g/mol. The number of fused-ring (bicyclic) bond motifs is 1. The van der Waals surface area contributed by atoms with Crippen LogP contribution < -0.4 is 5.56 Å². The molecule has 0 bridgehead atoms. The molecule has 2 aliphatic heterocycles. The highest BCUT2D eigenvalue weighted by Crippen LogP contribution is 2.40. The van der Waals surface area contributed by atoms with Crippen LogP contribution in [0.5, 0.6) is 0 Å². The summed E-state index contributed by atoms with van der Waals surface area (Å²) in [5, 5.41) is 1.18. The third-order valence-corrected chi connectivity index (χ3v) is 6.00. The van der Waals surface area contributed by atoms with E-state index < -0.39 is 5.41 Å². The van der Waals surface area contributed by atoms with E-state index in [0.29, 0.717) is 29.4 Å². The van der Waals surface area contributed by atoms with Gasteiger partial charge in [-0.25, -0.2) is 0 Å². The minimum atomic E-state index is -0.429. The fourth-order valence-corrected chi connectivity index (χ4v) is 4.62. The number of rotatable bonds is 3. The number of benzene rings is 1. The molecule has 2 aromatic rings. The van der Waals surface area contributed by atoms with Crippen LogP contribution in [-0.2, 0) is 4.79 Å². The second-order valence-electron chi connectivity index (χ2n) is 7.73. The number of aromatic nitrogens is 1. The average molecular weight is 367 g/mol. The number of hydrogen-bond acceptors (Lipinski definition) is 3. The van der Waals surface area contributed by atoms with Crippen LogP contribution in [0.25, 0.3) is 10.8 Å². The molecule has 6 heteroatoms. The van der Waals surface area contributed by atoms with Gasteiger partial charge in [-0.3, -0.25) is 14.4 Å². The molecule has 4 rings (SSSR count). The van der Waals surface area contributed by atoms with Crippen LogP contribution in [0.1, 0.15) is 43.0 Å². The molecular formula is C21H25N3O3. The minimum absolute atomic E-state index is 0.111. The molecule has 0 unspecified atom stereocenters. The summed E-state index contributed by atoms with van der Waals surface area (Å²) in [6.07, 6.45) is 5.02. The van der Waals surface area contributed by atoms with Gasteiger partial charge in [0.05, 0.1) is 11.0 Å². The summed E-state index contributed by atoms with van der Waals surface area (Å²) in [5.41, 5.74) is -0.130. The number of amides is 2. The number of nitrogens with zero attached hydrogens (tertiary/aromatic N) is 2. The van der Waals surface area contributed by atoms with Crippen LogP contribution in [0, 0.1) is 5.41 Å². The van der Waals surface area contributed by atoms with E-state index in [9.17, 15) is 14.4 Å². The van der Waals surface area contributed by atoms with Crippen LogP contribution in [0.2, 0.25) is 0 Å². The summed E-state index contributed by atoms with van der Waals surface area (Å²) in [6, 6.07) is 7.15. The number of likely N-dealkylation sites (tertiary alicyclic amines) is 2. The van der Waals surface area contributed by atoms with Crippen LogP contribution >= 0.6 is 0 Å². The highest BCUT2D eigenvalue weighted by atomic mass is 16.2. The molecule has 1 spiro atoms. The van der Waals surface area contributed by atoms with Gasteiger partial charge in [-0.15, -0.1) is 0 Å². The van der Waals surface area contributed by atoms with Crippen LogP contribution in [-0.4, -0.2) is 52.8 Å². The standard InChI is InChI=1S/C21H25N3O3/c1-2-10-23-11-5-8-21(20(23)27)9-12-24(14-21)19(26)17-13-22-18(25)16-7-4-3-6-15(16)17/h3-4,6-7,13H,2,5,8-12,14H2,1H3,(H,22,25)/t21-/m0/s1. The predicted octanol–water partition coefficient (Wildman–Crippen LogP) is 2.39. The van der Waals surface area contributed by atoms with Crippen molar-refractivity contribution in [2.24, 2.45) is 5.41 Å². The van der Waals surface area contributed by atoms with Crippen LogP contribution in [0.3, 0.4) is 0 Å². The van der Waals surface area contributed by atoms with Gasteiger partial charge in [-0.2, -0.15) is 0 Å². The van der Waals surface area contributed by atoms with Crippen molar-refractivity contribution in [2.45, 2.75) is 32.6 Å². The van der Waals surface area contributed by atoms with E-state index in [-0.39, 0.29) is 17.4 Å². The van der Waals surface area contributed by atoms with Crippen molar-refractivity contribution < 1.29 is 9.59 Å². The van der Waals surface area contributed by atoms with Gasteiger partial charge in [0.25, 0.3) is 11.5 Å². The Hall–Kier alpha value is -2.63. The van der Waals surface area contributed by atoms with E-state index in [1.807, 2.05) is 11.0 Å². The zero-order valence-corrected chi connectivity index (χ0v) is 15.7. The Labute approximate surface area is 158 Å². The van der Waals surface area contributed by atoms with Crippen molar-refractivity contribution in [3.8, 4) is 0 Å². The Balaban J connectivity index is 1.61. The molecule has 0 saturated carbocycles. The summed E-state index contributed by atoms with van der Waals surface area (Å²) < 4.78 is 0. The summed E-state index contributed by atoms with van der Waals surface area (Å²) in [4.78, 5) is 44.7. The number of piperidine rings is 1. The van der Waals surface area contributed by atoms with Gasteiger partial charge in [0, 0.05) is 43.1 Å². The average Bonchev–Trinajstić information content (AvgIpc) is 3.11. The zero-order chi connectivity index (χ0) is 19.0. The van der Waals surface area contributed by atoms with Gasteiger partial charge < -0.3 is 14.8 Å². The lowest BCUT2D eigenvalue weighted by Gasteiger charge is -2.39. The molecule has 1 atom stereocenters. The first-order valence-corrected chi connectivity index (χ1v) is 9.75. The van der Waals surface area contributed by atoms with Crippen molar-refractivity contribution in [3.63, 3.8) is 0 Å². The maximum absolute atomic E-state index is 13.2. The number of carbonyl (C=O) groups is 2. The Morgan fingerprint density at radius 3 is 2.70 bits per heavy atom. The number of hydrogen-bond donors (Lipinski definition) is 1. The number of H-pyrrole nitrogens is 1. The molecule has 2 saturated heterocycles. The molecule has 2 aliphatic rings. The molecule has 6 nitrogen and oxygen atoms in total. The first-order valence-electron chi connectivity index (χ1n) is 9.75. The highest BCUT2D eigenvalue weighted by molar-refractivity contribution is 6.06. The van der Waals surface area contributed by atoms with E-state index in [0.717, 1.165) is 38.8 Å². The van der Waals surface area contributed by atoms with Gasteiger partial charge in [0.15, 0.2) is 0 Å². The molecular weight excluding hydrogens is 342 g/mol. The van der Waals surface area contributed by atoms with Gasteiger partial charge in [-0.1, -0.05) is 25.1 Å². The molecule has 3 heterocycles. The van der Waals surface area contributed by atoms with Gasteiger partial charge in [0.1, 0.15) is 0 Å². The lowest BCUT2D eigenvalue weighted by atomic mass is 9.78. The molecule has 0 radical (unpaired) electrons. The second kappa shape index (κ2) is 6.83. The van der Waals surface area contributed by atoms with Crippen molar-refractivity contribution in [2.75, 3.05) is 26.2 Å². The molecule has 2 fully saturated rings. The maximum atomic E-state index is 13.2. The summed E-state index contributed by atoms with van der Waals surface area (Å²) in [6.45, 7) is 4.75. The normalized spacial score (nSPS) is 22.8. The lowest BCUT2D eigenvalue weighted by Crippen LogP contribution is -2.50. The lowest BCUT2D eigenvalue weighted by molar-refractivity contribution is -0.145. The van der Waals surface area contributed by atoms with Gasteiger partial charge >= 0.3 is 0 Å². The quantitative estimate of drug-likeness (QED) is 0.905. The van der Waals surface area contributed by atoms with E-state index >= 15 is 0 Å². The predicted molar refractivity (Wildman–Crippen MR) is 104 cm³/mol. The Kier molecular flexibility index (Phi) is 4.50. The number of carbonyl (C=O) groups excluding carboxylic acids is 2. The summed E-state index contributed by atoms with van der Waals surface area (Å²) in [5.74, 6) is 0.0944. The molecule has 1 N–H and O–H groups in total. The third kappa shape index (κ3) is 2.93. The summed E-state index contributed by atoms with van der Waals surface area (Å²) >= 11 is 0. The fraction of sp³-hybridized carbons (Fsp3) is 0.476. The number of pyridine rings is 1. The Morgan fingerprint density at radius 1 is 1.15 bits per heavy atom. The molecule has 27 heavy (non-hydrogen) atoms. The molecule has 142 valence electrons. The number of aromatic amines is 1. The first kappa shape index (κ1) is 17.8. The zero-order valence-electron chi connectivity index (χ0n) is 15.7. The topological polar surface area (TPSA) is 73.5 Å². The van der Waals surface area contributed by atoms with Crippen molar-refractivity contribution in [1.82, 2.24) is 14.8 Å². The number of nitrogens with one attached hydrogen (secondary N) is 1. The Bertz CT molecular complexity index is 949. The molecule has 2 amide bonds. The van der Waals surface area contributed by atoms with Crippen molar-refractivity contribution in [3.05, 3.63) is 46.4 Å². The van der Waals surface area contributed by atoms with E-state index in [4.69, 9.17) is 0 Å².